The van der Waals surface area contributed by atoms with Crippen LogP contribution in [-0.4, -0.2) is 29.3 Å². The molecule has 0 saturated carbocycles. The first-order chi connectivity index (χ1) is 17.1. The van der Waals surface area contributed by atoms with Gasteiger partial charge in [-0.3, -0.25) is 0 Å². The summed E-state index contributed by atoms with van der Waals surface area (Å²) in [7, 11) is 0. The smallest absolute Gasteiger partial charge is 0.135 e. The minimum Gasteiger partial charge on any atom is -0.491 e. The third-order valence-electron chi connectivity index (χ3n) is 6.81. The molecule has 1 unspecified atom stereocenters. The Kier molecular flexibility index (Phi) is 5.49. The maximum atomic E-state index is 6.14. The summed E-state index contributed by atoms with van der Waals surface area (Å²) in [4.78, 5) is 11.6. The van der Waals surface area contributed by atoms with Crippen LogP contribution in [0.25, 0.3) is 11.1 Å². The Morgan fingerprint density at radius 3 is 2.63 bits per heavy atom. The lowest BCUT2D eigenvalue weighted by atomic mass is 10.0. The van der Waals surface area contributed by atoms with E-state index in [1.165, 1.54) is 22.3 Å². The Morgan fingerprint density at radius 2 is 1.74 bits per heavy atom. The molecule has 6 nitrogen and oxygen atoms in total. The number of aromatic nitrogens is 2. The van der Waals surface area contributed by atoms with Crippen LogP contribution in [0.3, 0.4) is 0 Å². The monoisotopic (exact) mass is 463 g/mol. The van der Waals surface area contributed by atoms with Gasteiger partial charge in [-0.05, 0) is 54.8 Å². The highest BCUT2D eigenvalue weighted by Gasteiger charge is 2.21. The largest absolute Gasteiger partial charge is 0.491 e. The van der Waals surface area contributed by atoms with Crippen LogP contribution in [0.5, 0.6) is 5.75 Å². The van der Waals surface area contributed by atoms with Gasteiger partial charge in [0.15, 0.2) is 0 Å². The zero-order valence-corrected chi connectivity index (χ0v) is 20.1. The quantitative estimate of drug-likeness (QED) is 0.409. The molecule has 0 radical (unpaired) electrons. The summed E-state index contributed by atoms with van der Waals surface area (Å²) in [5.74, 6) is 1.93. The number of anilines is 3. The molecule has 0 fully saturated rings. The van der Waals surface area contributed by atoms with Gasteiger partial charge in [-0.1, -0.05) is 42.5 Å². The number of benzene rings is 3. The fourth-order valence-corrected chi connectivity index (χ4v) is 4.99. The van der Waals surface area contributed by atoms with E-state index in [9.17, 15) is 0 Å². The number of hydrogen-bond donors (Lipinski definition) is 2. The Labute approximate surface area is 206 Å². The minimum absolute atomic E-state index is 0.247. The van der Waals surface area contributed by atoms with Crippen molar-refractivity contribution in [2.24, 2.45) is 0 Å². The second-order valence-electron chi connectivity index (χ2n) is 9.29. The third-order valence-corrected chi connectivity index (χ3v) is 6.81. The molecular weight excluding hydrogens is 434 g/mol. The van der Waals surface area contributed by atoms with Gasteiger partial charge in [-0.15, -0.1) is 0 Å². The van der Waals surface area contributed by atoms with Crippen molar-refractivity contribution in [3.8, 4) is 16.9 Å². The molecule has 0 bridgehead atoms. The van der Waals surface area contributed by atoms with E-state index in [4.69, 9.17) is 4.74 Å². The number of nitrogens with one attached hydrogen (secondary N) is 2. The van der Waals surface area contributed by atoms with E-state index in [-0.39, 0.29) is 6.17 Å². The van der Waals surface area contributed by atoms with Crippen molar-refractivity contribution in [2.75, 3.05) is 28.7 Å². The van der Waals surface area contributed by atoms with Gasteiger partial charge in [0.2, 0.25) is 0 Å². The van der Waals surface area contributed by atoms with Crippen LogP contribution >= 0.6 is 0 Å². The maximum absolute atomic E-state index is 6.14. The molecular formula is C29H29N5O. The molecule has 3 aromatic carbocycles. The summed E-state index contributed by atoms with van der Waals surface area (Å²) in [6.45, 7) is 6.39. The Morgan fingerprint density at radius 1 is 0.943 bits per heavy atom. The number of rotatable bonds is 4. The van der Waals surface area contributed by atoms with Crippen LogP contribution < -0.4 is 20.3 Å². The van der Waals surface area contributed by atoms with E-state index in [0.29, 0.717) is 6.61 Å². The van der Waals surface area contributed by atoms with Crippen molar-refractivity contribution in [2.45, 2.75) is 33.0 Å². The molecule has 2 aliphatic rings. The molecule has 2 N–H and O–H groups in total. The molecule has 2 aliphatic heterocycles. The summed E-state index contributed by atoms with van der Waals surface area (Å²) in [6.07, 6.45) is 2.74. The molecule has 0 saturated heterocycles. The van der Waals surface area contributed by atoms with E-state index in [2.05, 4.69) is 100 Å². The number of fused-ring (bicyclic) bond motifs is 2. The molecule has 176 valence electrons. The van der Waals surface area contributed by atoms with Gasteiger partial charge in [-0.2, -0.15) is 0 Å². The summed E-state index contributed by atoms with van der Waals surface area (Å²) >= 11 is 0. The van der Waals surface area contributed by atoms with Crippen LogP contribution in [0.4, 0.5) is 17.2 Å². The van der Waals surface area contributed by atoms with Crippen LogP contribution in [0.2, 0.25) is 0 Å². The average molecular weight is 464 g/mol. The second kappa shape index (κ2) is 8.95. The van der Waals surface area contributed by atoms with Crippen LogP contribution in [-0.2, 0) is 13.0 Å². The molecule has 0 amide bonds. The van der Waals surface area contributed by atoms with Crippen molar-refractivity contribution in [3.63, 3.8) is 0 Å². The highest BCUT2D eigenvalue weighted by Crippen LogP contribution is 2.36. The molecule has 0 aliphatic carbocycles. The first-order valence-corrected chi connectivity index (χ1v) is 12.2. The lowest BCUT2D eigenvalue weighted by Crippen LogP contribution is -2.27. The van der Waals surface area contributed by atoms with Crippen LogP contribution in [0.15, 0.2) is 73.1 Å². The fourth-order valence-electron chi connectivity index (χ4n) is 4.99. The summed E-state index contributed by atoms with van der Waals surface area (Å²) in [6, 6.07) is 23.5. The summed E-state index contributed by atoms with van der Waals surface area (Å²) in [5, 5.41) is 6.91. The Balaban J connectivity index is 1.29. The van der Waals surface area contributed by atoms with E-state index in [0.717, 1.165) is 53.7 Å². The number of nitrogens with zero attached hydrogens (tertiary/aromatic N) is 3. The summed E-state index contributed by atoms with van der Waals surface area (Å²) in [5.41, 5.74) is 9.28. The van der Waals surface area contributed by atoms with Crippen molar-refractivity contribution in [3.05, 3.63) is 95.4 Å². The van der Waals surface area contributed by atoms with E-state index in [1.54, 1.807) is 6.33 Å². The fraction of sp³-hybridized carbons (Fsp3) is 0.241. The van der Waals surface area contributed by atoms with Gasteiger partial charge >= 0.3 is 0 Å². The van der Waals surface area contributed by atoms with Gasteiger partial charge in [-0.25, -0.2) is 9.97 Å². The molecule has 35 heavy (non-hydrogen) atoms. The highest BCUT2D eigenvalue weighted by atomic mass is 16.5. The molecule has 6 rings (SSSR count). The predicted octanol–water partition coefficient (Wildman–Crippen LogP) is 5.63. The minimum atomic E-state index is 0.247. The van der Waals surface area contributed by atoms with Crippen molar-refractivity contribution >= 4 is 17.2 Å². The topological polar surface area (TPSA) is 62.3 Å². The second-order valence-corrected chi connectivity index (χ2v) is 9.29. The molecule has 6 heteroatoms. The van der Waals surface area contributed by atoms with Gasteiger partial charge in [0.1, 0.15) is 24.5 Å². The van der Waals surface area contributed by atoms with Crippen molar-refractivity contribution in [1.29, 1.82) is 0 Å². The molecule has 0 spiro atoms. The van der Waals surface area contributed by atoms with E-state index >= 15 is 0 Å². The number of ether oxygens (including phenoxy) is 1. The Hall–Kier alpha value is -4.06. The van der Waals surface area contributed by atoms with Crippen molar-refractivity contribution in [1.82, 2.24) is 9.97 Å². The van der Waals surface area contributed by atoms with Crippen LogP contribution in [0.1, 0.15) is 29.3 Å². The molecule has 4 aromatic rings. The zero-order valence-electron chi connectivity index (χ0n) is 20.1. The average Bonchev–Trinajstić information content (AvgIpc) is 3.12. The molecule has 1 atom stereocenters. The predicted molar refractivity (Wildman–Crippen MR) is 141 cm³/mol. The van der Waals surface area contributed by atoms with E-state index in [1.807, 2.05) is 6.07 Å². The van der Waals surface area contributed by atoms with Crippen LogP contribution in [0, 0.1) is 6.92 Å². The lowest BCUT2D eigenvalue weighted by molar-refractivity contribution is 0.331. The standard InChI is InChI=1S/C29H29N5O/c1-19-26(14-21-6-4-3-5-7-21)30-18-31-29(19)34-12-13-35-28-11-9-22(15-24(28)17-34)23-8-10-25-27(16-23)33-20(2)32-25/h3-11,15-16,18,20,32-33H,12-14,17H2,1-2H3. The summed E-state index contributed by atoms with van der Waals surface area (Å²) < 4.78 is 6.14. The van der Waals surface area contributed by atoms with Gasteiger partial charge in [0.05, 0.1) is 29.8 Å². The first-order valence-electron chi connectivity index (χ1n) is 12.2. The van der Waals surface area contributed by atoms with E-state index < -0.39 is 0 Å². The van der Waals surface area contributed by atoms with Gasteiger partial charge in [0, 0.05) is 24.1 Å². The van der Waals surface area contributed by atoms with Gasteiger partial charge in [0.25, 0.3) is 0 Å². The van der Waals surface area contributed by atoms with Gasteiger partial charge < -0.3 is 20.3 Å². The SMILES string of the molecule is Cc1c(Cc2ccccc2)ncnc1N1CCOc2ccc(-c3ccc4c(c3)NC(C)N4)cc2C1. The maximum Gasteiger partial charge on any atom is 0.135 e. The highest BCUT2D eigenvalue weighted by molar-refractivity contribution is 5.81. The van der Waals surface area contributed by atoms with Crippen molar-refractivity contribution < 1.29 is 4.74 Å². The number of hydrogen-bond acceptors (Lipinski definition) is 6. The first kappa shape index (κ1) is 21.5. The molecule has 3 heterocycles. The zero-order chi connectivity index (χ0) is 23.8. The normalized spacial score (nSPS) is 16.4. The molecule has 1 aromatic heterocycles. The lowest BCUT2D eigenvalue weighted by Gasteiger charge is -2.23. The third kappa shape index (κ3) is 4.28. The Bertz CT molecular complexity index is 1370.